The first-order valence-electron chi connectivity index (χ1n) is 3.52. The van der Waals surface area contributed by atoms with Crippen LogP contribution in [-0.2, 0) is 0 Å². The fraction of sp³-hybridized carbons (Fsp3) is 0.111. The Kier molecular flexibility index (Phi) is 5.26. The van der Waals surface area contributed by atoms with Gasteiger partial charge in [-0.05, 0) is 25.3 Å². The van der Waals surface area contributed by atoms with Gasteiger partial charge < -0.3 is 11.1 Å². The van der Waals surface area contributed by atoms with Crippen molar-refractivity contribution in [3.63, 3.8) is 0 Å². The normalized spacial score (nSPS) is 7.75. The number of carbonyl (C=O) groups excluding carboxylic acids is 1. The predicted molar refractivity (Wildman–Crippen MR) is 49.4 cm³/mol. The molecule has 0 bridgehead atoms. The number of nitrogens with two attached hydrogens (primary N) is 1. The summed E-state index contributed by atoms with van der Waals surface area (Å²) < 4.78 is 0. The Morgan fingerprint density at radius 2 is 1.83 bits per heavy atom. The maximum Gasteiger partial charge on any atom is 0.248 e. The molecule has 64 valence electrons. The Labute approximate surface area is 71.7 Å². The third kappa shape index (κ3) is 4.22. The van der Waals surface area contributed by atoms with Crippen LogP contribution in [0.1, 0.15) is 17.3 Å². The zero-order valence-electron chi connectivity index (χ0n) is 6.95. The summed E-state index contributed by atoms with van der Waals surface area (Å²) in [6.07, 6.45) is 1.25. The number of rotatable bonds is 1. The maximum atomic E-state index is 10.4. The largest absolute Gasteiger partial charge is 0.366 e. The summed E-state index contributed by atoms with van der Waals surface area (Å²) in [6, 6.07) is 8.76. The fourth-order valence-corrected chi connectivity index (χ4v) is 0.602. The van der Waals surface area contributed by atoms with Crippen molar-refractivity contribution < 1.29 is 4.79 Å². The van der Waals surface area contributed by atoms with Crippen LogP contribution >= 0.6 is 0 Å². The van der Waals surface area contributed by atoms with Crippen molar-refractivity contribution in [3.05, 3.63) is 35.9 Å². The number of benzene rings is 1. The molecule has 3 N–H and O–H groups in total. The first-order chi connectivity index (χ1) is 5.72. The summed E-state index contributed by atoms with van der Waals surface area (Å²) >= 11 is 0. The predicted octanol–water partition coefficient (Wildman–Crippen LogP) is 1.44. The minimum Gasteiger partial charge on any atom is -0.366 e. The third-order valence-electron chi connectivity index (χ3n) is 1.06. The summed E-state index contributed by atoms with van der Waals surface area (Å²) in [5.41, 5.74) is 5.53. The summed E-state index contributed by atoms with van der Waals surface area (Å²) in [5, 5.41) is 6.08. The van der Waals surface area contributed by atoms with Crippen LogP contribution in [0.2, 0.25) is 0 Å². The van der Waals surface area contributed by atoms with Gasteiger partial charge in [-0.1, -0.05) is 18.2 Å². The van der Waals surface area contributed by atoms with Crippen LogP contribution < -0.4 is 5.73 Å². The molecular formula is C9H12N2O. The van der Waals surface area contributed by atoms with E-state index in [1.807, 2.05) is 6.07 Å². The van der Waals surface area contributed by atoms with Gasteiger partial charge in [-0.3, -0.25) is 4.79 Å². The summed E-state index contributed by atoms with van der Waals surface area (Å²) in [4.78, 5) is 10.4. The van der Waals surface area contributed by atoms with E-state index < -0.39 is 0 Å². The molecule has 0 fully saturated rings. The van der Waals surface area contributed by atoms with Crippen LogP contribution in [-0.4, -0.2) is 12.1 Å². The second-order valence-corrected chi connectivity index (χ2v) is 2.02. The molecule has 0 radical (unpaired) electrons. The van der Waals surface area contributed by atoms with Crippen LogP contribution in [0.3, 0.4) is 0 Å². The minimum absolute atomic E-state index is 0.379. The second kappa shape index (κ2) is 6.09. The molecule has 0 unspecified atom stereocenters. The Bertz CT molecular complexity index is 244. The first-order valence-corrected chi connectivity index (χ1v) is 3.52. The van der Waals surface area contributed by atoms with E-state index in [2.05, 4.69) is 0 Å². The third-order valence-corrected chi connectivity index (χ3v) is 1.06. The van der Waals surface area contributed by atoms with Crippen LogP contribution in [0.5, 0.6) is 0 Å². The van der Waals surface area contributed by atoms with E-state index in [0.717, 1.165) is 0 Å². The topological polar surface area (TPSA) is 66.9 Å². The summed E-state index contributed by atoms with van der Waals surface area (Å²) in [7, 11) is 0. The minimum atomic E-state index is -0.379. The number of amides is 1. The molecule has 0 spiro atoms. The Morgan fingerprint density at radius 3 is 2.08 bits per heavy atom. The van der Waals surface area contributed by atoms with E-state index in [0.29, 0.717) is 5.56 Å². The van der Waals surface area contributed by atoms with Crippen molar-refractivity contribution in [3.8, 4) is 0 Å². The highest BCUT2D eigenvalue weighted by atomic mass is 16.1. The van der Waals surface area contributed by atoms with Gasteiger partial charge in [-0.15, -0.1) is 0 Å². The lowest BCUT2D eigenvalue weighted by Gasteiger charge is -1.89. The van der Waals surface area contributed by atoms with E-state index in [9.17, 15) is 4.79 Å². The number of carbonyl (C=O) groups is 1. The molecule has 0 saturated carbocycles. The Morgan fingerprint density at radius 1 is 1.42 bits per heavy atom. The molecule has 1 amide bonds. The van der Waals surface area contributed by atoms with Crippen molar-refractivity contribution in [2.24, 2.45) is 5.73 Å². The van der Waals surface area contributed by atoms with Gasteiger partial charge in [0.25, 0.3) is 0 Å². The van der Waals surface area contributed by atoms with Crippen molar-refractivity contribution in [2.75, 3.05) is 0 Å². The van der Waals surface area contributed by atoms with Crippen LogP contribution in [0, 0.1) is 5.41 Å². The smallest absolute Gasteiger partial charge is 0.248 e. The van der Waals surface area contributed by atoms with Gasteiger partial charge in [-0.25, -0.2) is 0 Å². The lowest BCUT2D eigenvalue weighted by atomic mass is 10.2. The molecule has 3 nitrogen and oxygen atoms in total. The van der Waals surface area contributed by atoms with Gasteiger partial charge in [0.15, 0.2) is 0 Å². The van der Waals surface area contributed by atoms with Crippen LogP contribution in [0.25, 0.3) is 0 Å². The quantitative estimate of drug-likeness (QED) is 0.606. The summed E-state index contributed by atoms with van der Waals surface area (Å²) in [5.74, 6) is -0.379. The molecule has 1 aromatic carbocycles. The molecule has 1 rings (SSSR count). The zero-order chi connectivity index (χ0) is 9.40. The molecule has 0 aromatic heterocycles. The Balaban J connectivity index is 0.000000354. The van der Waals surface area contributed by atoms with Crippen LogP contribution in [0.15, 0.2) is 30.3 Å². The summed E-state index contributed by atoms with van der Waals surface area (Å²) in [6.45, 7) is 1.67. The van der Waals surface area contributed by atoms with Gasteiger partial charge >= 0.3 is 0 Å². The lowest BCUT2D eigenvalue weighted by molar-refractivity contribution is 0.100. The van der Waals surface area contributed by atoms with Crippen molar-refractivity contribution >= 4 is 12.1 Å². The van der Waals surface area contributed by atoms with Gasteiger partial charge in [-0.2, -0.15) is 0 Å². The molecule has 0 aliphatic carbocycles. The molecule has 12 heavy (non-hydrogen) atoms. The number of nitrogens with one attached hydrogen (secondary N) is 1. The average molecular weight is 164 g/mol. The van der Waals surface area contributed by atoms with Crippen LogP contribution in [0.4, 0.5) is 0 Å². The molecule has 0 aliphatic heterocycles. The van der Waals surface area contributed by atoms with Crippen molar-refractivity contribution in [1.82, 2.24) is 0 Å². The number of hydrogen-bond donors (Lipinski definition) is 2. The van der Waals surface area contributed by atoms with E-state index in [-0.39, 0.29) is 5.91 Å². The molecule has 0 heterocycles. The van der Waals surface area contributed by atoms with E-state index in [4.69, 9.17) is 11.1 Å². The van der Waals surface area contributed by atoms with E-state index in [1.165, 1.54) is 6.21 Å². The fourth-order valence-electron chi connectivity index (χ4n) is 0.602. The molecule has 0 aliphatic rings. The molecule has 0 atom stereocenters. The molecular weight excluding hydrogens is 152 g/mol. The van der Waals surface area contributed by atoms with Crippen molar-refractivity contribution in [1.29, 1.82) is 5.41 Å². The highest BCUT2D eigenvalue weighted by Gasteiger charge is 1.93. The Hall–Kier alpha value is -1.64. The SMILES string of the molecule is CC=N.NC(=O)c1ccccc1. The molecule has 0 saturated heterocycles. The second-order valence-electron chi connectivity index (χ2n) is 2.02. The highest BCUT2D eigenvalue weighted by Crippen LogP contribution is 1.94. The van der Waals surface area contributed by atoms with E-state index in [1.54, 1.807) is 31.2 Å². The van der Waals surface area contributed by atoms with Gasteiger partial charge in [0.05, 0.1) is 0 Å². The maximum absolute atomic E-state index is 10.4. The monoisotopic (exact) mass is 164 g/mol. The van der Waals surface area contributed by atoms with Gasteiger partial charge in [0, 0.05) is 5.56 Å². The zero-order valence-corrected chi connectivity index (χ0v) is 6.95. The van der Waals surface area contributed by atoms with E-state index >= 15 is 0 Å². The highest BCUT2D eigenvalue weighted by molar-refractivity contribution is 5.92. The number of primary amides is 1. The standard InChI is InChI=1S/C7H7NO.C2H5N/c8-7(9)6-4-2-1-3-5-6;1-2-3/h1-5H,(H2,8,9);2-3H,1H3. The lowest BCUT2D eigenvalue weighted by Crippen LogP contribution is -2.09. The first kappa shape index (κ1) is 10.4. The molecule has 3 heteroatoms. The van der Waals surface area contributed by atoms with Crippen molar-refractivity contribution in [2.45, 2.75) is 6.92 Å². The number of hydrogen-bond acceptors (Lipinski definition) is 2. The average Bonchev–Trinajstić information content (AvgIpc) is 2.07. The van der Waals surface area contributed by atoms with Gasteiger partial charge in [0.2, 0.25) is 5.91 Å². The molecule has 1 aromatic rings. The van der Waals surface area contributed by atoms with Gasteiger partial charge in [0.1, 0.15) is 0 Å².